The van der Waals surface area contributed by atoms with Crippen molar-refractivity contribution in [1.82, 2.24) is 0 Å². The molecule has 18 heavy (non-hydrogen) atoms. The summed E-state index contributed by atoms with van der Waals surface area (Å²) < 4.78 is 5.36. The van der Waals surface area contributed by atoms with Crippen LogP contribution in [0.15, 0.2) is 45.6 Å². The topological polar surface area (TPSA) is 30.2 Å². The van der Waals surface area contributed by atoms with Crippen molar-refractivity contribution in [3.05, 3.63) is 58.1 Å². The van der Waals surface area contributed by atoms with Crippen molar-refractivity contribution < 1.29 is 4.42 Å². The van der Waals surface area contributed by atoms with Gasteiger partial charge >= 0.3 is 5.63 Å². The maximum absolute atomic E-state index is 12.0. The third-order valence-corrected chi connectivity index (χ3v) is 3.03. The summed E-state index contributed by atoms with van der Waals surface area (Å²) in [7, 11) is 0. The maximum Gasteiger partial charge on any atom is 0.343 e. The third-order valence-electron chi connectivity index (χ3n) is 3.03. The van der Waals surface area contributed by atoms with E-state index in [0.717, 1.165) is 11.1 Å². The van der Waals surface area contributed by atoms with Gasteiger partial charge in [-0.2, -0.15) is 0 Å². The molecule has 1 aromatic heterocycles. The lowest BCUT2D eigenvalue weighted by Crippen LogP contribution is -2.16. The Morgan fingerprint density at radius 2 is 1.67 bits per heavy atom. The lowest BCUT2D eigenvalue weighted by Gasteiger charge is -2.21. The second-order valence-corrected chi connectivity index (χ2v) is 5.53. The summed E-state index contributed by atoms with van der Waals surface area (Å²) in [5.41, 5.74) is 2.29. The Kier molecular flexibility index (Phi) is 3.12. The number of rotatable bonds is 1. The van der Waals surface area contributed by atoms with Crippen molar-refractivity contribution in [2.45, 2.75) is 33.1 Å². The average molecular weight is 242 g/mol. The van der Waals surface area contributed by atoms with Crippen LogP contribution in [0.3, 0.4) is 0 Å². The minimum absolute atomic E-state index is 0.0369. The van der Waals surface area contributed by atoms with E-state index in [1.807, 2.05) is 43.3 Å². The first kappa shape index (κ1) is 12.6. The monoisotopic (exact) mass is 242 g/mol. The molecule has 94 valence electrons. The van der Waals surface area contributed by atoms with Gasteiger partial charge in [0.25, 0.3) is 0 Å². The smallest absolute Gasteiger partial charge is 0.343 e. The first-order chi connectivity index (χ1) is 8.39. The molecule has 0 saturated heterocycles. The van der Waals surface area contributed by atoms with Gasteiger partial charge in [0.15, 0.2) is 0 Å². The summed E-state index contributed by atoms with van der Waals surface area (Å²) in [4.78, 5) is 12.0. The van der Waals surface area contributed by atoms with Gasteiger partial charge < -0.3 is 4.42 Å². The molecule has 0 aliphatic rings. The Hall–Kier alpha value is -1.83. The van der Waals surface area contributed by atoms with Crippen LogP contribution in [0.25, 0.3) is 11.1 Å². The van der Waals surface area contributed by atoms with Crippen molar-refractivity contribution in [1.29, 1.82) is 0 Å². The molecule has 2 aromatic rings. The summed E-state index contributed by atoms with van der Waals surface area (Å²) in [5, 5.41) is 0. The number of hydrogen-bond acceptors (Lipinski definition) is 2. The largest absolute Gasteiger partial charge is 0.427 e. The lowest BCUT2D eigenvalue weighted by molar-refractivity contribution is 0.451. The predicted octanol–water partition coefficient (Wildman–Crippen LogP) is 3.91. The molecule has 2 rings (SSSR count). The second-order valence-electron chi connectivity index (χ2n) is 5.53. The van der Waals surface area contributed by atoms with Crippen LogP contribution < -0.4 is 5.63 Å². The van der Waals surface area contributed by atoms with Crippen LogP contribution in [0.2, 0.25) is 0 Å². The number of aryl methyl sites for hydroxylation is 1. The van der Waals surface area contributed by atoms with Gasteiger partial charge in [-0.1, -0.05) is 51.1 Å². The molecule has 0 unspecified atom stereocenters. The highest BCUT2D eigenvalue weighted by atomic mass is 16.4. The van der Waals surface area contributed by atoms with E-state index in [0.29, 0.717) is 11.3 Å². The molecule has 2 nitrogen and oxygen atoms in total. The van der Waals surface area contributed by atoms with E-state index in [2.05, 4.69) is 20.8 Å². The first-order valence-electron chi connectivity index (χ1n) is 6.10. The fraction of sp³-hybridized carbons (Fsp3) is 0.312. The molecular weight excluding hydrogens is 224 g/mol. The van der Waals surface area contributed by atoms with E-state index in [4.69, 9.17) is 4.42 Å². The van der Waals surface area contributed by atoms with Crippen molar-refractivity contribution >= 4 is 0 Å². The van der Waals surface area contributed by atoms with Gasteiger partial charge in [-0.25, -0.2) is 4.79 Å². The molecule has 2 heteroatoms. The summed E-state index contributed by atoms with van der Waals surface area (Å²) in [6, 6.07) is 11.6. The zero-order valence-electron chi connectivity index (χ0n) is 11.3. The molecule has 1 heterocycles. The minimum Gasteiger partial charge on any atom is -0.427 e. The van der Waals surface area contributed by atoms with Gasteiger partial charge in [-0.15, -0.1) is 0 Å². The zero-order valence-corrected chi connectivity index (χ0v) is 11.3. The van der Waals surface area contributed by atoms with Crippen molar-refractivity contribution in [3.63, 3.8) is 0 Å². The molecule has 0 spiro atoms. The highest BCUT2D eigenvalue weighted by molar-refractivity contribution is 5.63. The van der Waals surface area contributed by atoms with Gasteiger partial charge in [-0.3, -0.25) is 0 Å². The molecular formula is C16H18O2. The summed E-state index contributed by atoms with van der Waals surface area (Å²) >= 11 is 0. The SMILES string of the molecule is Cc1oc(=O)c(-c2ccccc2)cc1C(C)(C)C. The predicted molar refractivity (Wildman–Crippen MR) is 73.9 cm³/mol. The van der Waals surface area contributed by atoms with Crippen molar-refractivity contribution in [2.75, 3.05) is 0 Å². The van der Waals surface area contributed by atoms with E-state index in [1.165, 1.54) is 0 Å². The van der Waals surface area contributed by atoms with Crippen LogP contribution in [0.1, 0.15) is 32.1 Å². The minimum atomic E-state index is -0.272. The Labute approximate surface area is 107 Å². The Bertz CT molecular complexity index is 601. The standard InChI is InChI=1S/C16H18O2/c1-11-14(16(2,3)4)10-13(15(17)18-11)12-8-6-5-7-9-12/h5-10H,1-4H3. The van der Waals surface area contributed by atoms with Crippen LogP contribution >= 0.6 is 0 Å². The van der Waals surface area contributed by atoms with Crippen LogP contribution in [-0.2, 0) is 5.41 Å². The van der Waals surface area contributed by atoms with Gasteiger partial charge in [0.2, 0.25) is 0 Å². The first-order valence-corrected chi connectivity index (χ1v) is 6.10. The Balaban J connectivity index is 2.67. The molecule has 0 N–H and O–H groups in total. The zero-order chi connectivity index (χ0) is 13.3. The van der Waals surface area contributed by atoms with E-state index < -0.39 is 0 Å². The second kappa shape index (κ2) is 4.45. The van der Waals surface area contributed by atoms with E-state index in [9.17, 15) is 4.79 Å². The molecule has 0 amide bonds. The summed E-state index contributed by atoms with van der Waals surface area (Å²) in [6.07, 6.45) is 0. The van der Waals surface area contributed by atoms with E-state index in [-0.39, 0.29) is 11.0 Å². The van der Waals surface area contributed by atoms with Crippen LogP contribution in [0.4, 0.5) is 0 Å². The molecule has 0 atom stereocenters. The van der Waals surface area contributed by atoms with Gasteiger partial charge in [-0.05, 0) is 29.5 Å². The summed E-state index contributed by atoms with van der Waals surface area (Å²) in [5.74, 6) is 0.701. The molecule has 0 radical (unpaired) electrons. The number of hydrogen-bond donors (Lipinski definition) is 0. The van der Waals surface area contributed by atoms with Gasteiger partial charge in [0.05, 0.1) is 5.56 Å². The van der Waals surface area contributed by atoms with Crippen LogP contribution in [0.5, 0.6) is 0 Å². The Morgan fingerprint density at radius 3 is 2.22 bits per heavy atom. The molecule has 0 fully saturated rings. The Morgan fingerprint density at radius 1 is 1.06 bits per heavy atom. The molecule has 0 bridgehead atoms. The average Bonchev–Trinajstić information content (AvgIpc) is 2.28. The summed E-state index contributed by atoms with van der Waals surface area (Å²) in [6.45, 7) is 8.19. The lowest BCUT2D eigenvalue weighted by atomic mass is 9.85. The van der Waals surface area contributed by atoms with E-state index in [1.54, 1.807) is 0 Å². The van der Waals surface area contributed by atoms with Gasteiger partial charge in [0.1, 0.15) is 5.76 Å². The number of benzene rings is 1. The quantitative estimate of drug-likeness (QED) is 0.758. The third kappa shape index (κ3) is 2.37. The van der Waals surface area contributed by atoms with Crippen LogP contribution in [-0.4, -0.2) is 0 Å². The highest BCUT2D eigenvalue weighted by Crippen LogP contribution is 2.28. The fourth-order valence-electron chi connectivity index (χ4n) is 2.12. The van der Waals surface area contributed by atoms with Crippen LogP contribution in [0, 0.1) is 6.92 Å². The highest BCUT2D eigenvalue weighted by Gasteiger charge is 2.20. The molecule has 0 aliphatic carbocycles. The van der Waals surface area contributed by atoms with Crippen molar-refractivity contribution in [2.24, 2.45) is 0 Å². The molecule has 1 aromatic carbocycles. The maximum atomic E-state index is 12.0. The van der Waals surface area contributed by atoms with Gasteiger partial charge in [0, 0.05) is 0 Å². The normalized spacial score (nSPS) is 11.6. The molecule has 0 saturated carbocycles. The van der Waals surface area contributed by atoms with E-state index >= 15 is 0 Å². The molecule has 0 aliphatic heterocycles. The fourth-order valence-corrected chi connectivity index (χ4v) is 2.12. The van der Waals surface area contributed by atoms with Crippen molar-refractivity contribution in [3.8, 4) is 11.1 Å².